The van der Waals surface area contributed by atoms with Crippen LogP contribution in [0.2, 0.25) is 0 Å². The molecule has 0 aliphatic carbocycles. The molecule has 3 amide bonds. The molecule has 0 radical (unpaired) electrons. The minimum Gasteiger partial charge on any atom is -0.478 e. The van der Waals surface area contributed by atoms with Crippen LogP contribution < -0.4 is 15.4 Å². The second kappa shape index (κ2) is 6.25. The van der Waals surface area contributed by atoms with Crippen molar-refractivity contribution in [1.29, 1.82) is 0 Å². The van der Waals surface area contributed by atoms with Gasteiger partial charge in [0.05, 0.1) is 18.7 Å². The van der Waals surface area contributed by atoms with Crippen LogP contribution in [0.3, 0.4) is 0 Å². The average molecular weight is 291 g/mol. The first kappa shape index (κ1) is 14.8. The normalized spacial score (nSPS) is 16.3. The fraction of sp³-hybridized carbons (Fsp3) is 0.357. The van der Waals surface area contributed by atoms with Gasteiger partial charge in [-0.25, -0.2) is 0 Å². The van der Waals surface area contributed by atoms with Gasteiger partial charge < -0.3 is 20.3 Å². The Hall–Kier alpha value is -2.57. The third kappa shape index (κ3) is 3.71. The van der Waals surface area contributed by atoms with Gasteiger partial charge in [0.25, 0.3) is 5.91 Å². The minimum atomic E-state index is -0.894. The number of hydrogen-bond donors (Lipinski definition) is 2. The Morgan fingerprint density at radius 3 is 2.76 bits per heavy atom. The summed E-state index contributed by atoms with van der Waals surface area (Å²) >= 11 is 0. The number of carbonyl (C=O) groups excluding carboxylic acids is 3. The molecule has 0 bridgehead atoms. The molecule has 1 atom stereocenters. The zero-order valence-electron chi connectivity index (χ0n) is 11.9. The molecule has 2 N–H and O–H groups in total. The molecule has 21 heavy (non-hydrogen) atoms. The molecule has 2 rings (SSSR count). The summed E-state index contributed by atoms with van der Waals surface area (Å²) in [5.41, 5.74) is 0.585. The molecule has 0 saturated heterocycles. The van der Waals surface area contributed by atoms with E-state index in [1.54, 1.807) is 38.4 Å². The summed E-state index contributed by atoms with van der Waals surface area (Å²) in [6.07, 6.45) is -1.03. The van der Waals surface area contributed by atoms with Crippen LogP contribution in [-0.2, 0) is 14.4 Å². The van der Waals surface area contributed by atoms with Crippen molar-refractivity contribution in [1.82, 2.24) is 10.2 Å². The van der Waals surface area contributed by atoms with Crippen LogP contribution in [0, 0.1) is 0 Å². The maximum atomic E-state index is 11.8. The highest BCUT2D eigenvalue weighted by Crippen LogP contribution is 2.29. The van der Waals surface area contributed by atoms with Crippen LogP contribution >= 0.6 is 0 Å². The third-order valence-corrected chi connectivity index (χ3v) is 3.01. The lowest BCUT2D eigenvalue weighted by Crippen LogP contribution is -2.43. The van der Waals surface area contributed by atoms with Gasteiger partial charge in [0.1, 0.15) is 5.75 Å². The first-order valence-corrected chi connectivity index (χ1v) is 6.51. The monoisotopic (exact) mass is 291 g/mol. The summed E-state index contributed by atoms with van der Waals surface area (Å²) in [6, 6.07) is 7.00. The number of likely N-dealkylation sites (N-methyl/N-ethyl adjacent to an activating group) is 1. The van der Waals surface area contributed by atoms with Crippen LogP contribution in [-0.4, -0.2) is 49.4 Å². The molecule has 1 aliphatic heterocycles. The quantitative estimate of drug-likeness (QED) is 0.816. The highest BCUT2D eigenvalue weighted by molar-refractivity contribution is 6.00. The largest absolute Gasteiger partial charge is 0.478 e. The zero-order chi connectivity index (χ0) is 15.4. The lowest BCUT2D eigenvalue weighted by molar-refractivity contribution is -0.133. The highest BCUT2D eigenvalue weighted by Gasteiger charge is 2.29. The molecular formula is C14H17N3O4. The average Bonchev–Trinajstić information content (AvgIpc) is 2.45. The van der Waals surface area contributed by atoms with Crippen molar-refractivity contribution in [3.8, 4) is 5.75 Å². The molecule has 0 aromatic heterocycles. The summed E-state index contributed by atoms with van der Waals surface area (Å²) in [5.74, 6) is -0.477. The van der Waals surface area contributed by atoms with Gasteiger partial charge in [0, 0.05) is 14.1 Å². The van der Waals surface area contributed by atoms with Gasteiger partial charge in [0.2, 0.25) is 11.8 Å². The van der Waals surface area contributed by atoms with Crippen LogP contribution in [0.15, 0.2) is 24.3 Å². The van der Waals surface area contributed by atoms with Crippen molar-refractivity contribution in [3.05, 3.63) is 24.3 Å². The second-order valence-corrected chi connectivity index (χ2v) is 4.86. The van der Waals surface area contributed by atoms with Gasteiger partial charge >= 0.3 is 0 Å². The third-order valence-electron chi connectivity index (χ3n) is 3.01. The predicted octanol–water partition coefficient (Wildman–Crippen LogP) is -0.0194. The SMILES string of the molecule is CN(C)C(=O)CNC(=O)C[C@H]1Oc2ccccc2NC1=O. The Balaban J connectivity index is 1.90. The number of nitrogens with one attached hydrogen (secondary N) is 2. The van der Waals surface area contributed by atoms with Crippen LogP contribution in [0.25, 0.3) is 0 Å². The summed E-state index contributed by atoms with van der Waals surface area (Å²) in [6.45, 7) is -0.100. The minimum absolute atomic E-state index is 0.100. The first-order valence-electron chi connectivity index (χ1n) is 6.51. The molecule has 0 saturated carbocycles. The molecule has 1 heterocycles. The lowest BCUT2D eigenvalue weighted by Gasteiger charge is -2.25. The van der Waals surface area contributed by atoms with Crippen molar-refractivity contribution in [2.24, 2.45) is 0 Å². The molecule has 0 fully saturated rings. The number of carbonyl (C=O) groups is 3. The van der Waals surface area contributed by atoms with Gasteiger partial charge in [-0.1, -0.05) is 12.1 Å². The van der Waals surface area contributed by atoms with Crippen molar-refractivity contribution < 1.29 is 19.1 Å². The second-order valence-electron chi connectivity index (χ2n) is 4.86. The van der Waals surface area contributed by atoms with Crippen molar-refractivity contribution in [2.75, 3.05) is 26.0 Å². The fourth-order valence-corrected chi connectivity index (χ4v) is 1.80. The van der Waals surface area contributed by atoms with E-state index in [9.17, 15) is 14.4 Å². The Kier molecular flexibility index (Phi) is 4.42. The van der Waals surface area contributed by atoms with E-state index in [-0.39, 0.29) is 24.8 Å². The lowest BCUT2D eigenvalue weighted by atomic mass is 10.1. The smallest absolute Gasteiger partial charge is 0.266 e. The van der Waals surface area contributed by atoms with E-state index in [2.05, 4.69) is 10.6 Å². The molecule has 7 nitrogen and oxygen atoms in total. The van der Waals surface area contributed by atoms with Crippen LogP contribution in [0.4, 0.5) is 5.69 Å². The standard InChI is InChI=1S/C14H17N3O4/c1-17(2)13(19)8-15-12(18)7-11-14(20)16-9-5-3-4-6-10(9)21-11/h3-6,11H,7-8H2,1-2H3,(H,15,18)(H,16,20)/t11-/m1/s1. The molecule has 0 unspecified atom stereocenters. The van der Waals surface area contributed by atoms with E-state index in [4.69, 9.17) is 4.74 Å². The summed E-state index contributed by atoms with van der Waals surface area (Å²) in [7, 11) is 3.20. The van der Waals surface area contributed by atoms with Crippen LogP contribution in [0.5, 0.6) is 5.75 Å². The molecule has 1 aromatic rings. The van der Waals surface area contributed by atoms with E-state index < -0.39 is 12.0 Å². The molecule has 1 aromatic carbocycles. The van der Waals surface area contributed by atoms with Crippen LogP contribution in [0.1, 0.15) is 6.42 Å². The zero-order valence-corrected chi connectivity index (χ0v) is 11.9. The summed E-state index contributed by atoms with van der Waals surface area (Å²) in [5, 5.41) is 5.14. The first-order chi connectivity index (χ1) is 9.97. The Labute approximate surface area is 122 Å². The van der Waals surface area contributed by atoms with Crippen molar-refractivity contribution >= 4 is 23.4 Å². The van der Waals surface area contributed by atoms with Crippen molar-refractivity contribution in [3.63, 3.8) is 0 Å². The predicted molar refractivity (Wildman–Crippen MR) is 75.8 cm³/mol. The number of para-hydroxylation sites is 2. The fourth-order valence-electron chi connectivity index (χ4n) is 1.80. The number of anilines is 1. The number of rotatable bonds is 4. The molecule has 112 valence electrons. The van der Waals surface area contributed by atoms with E-state index in [0.717, 1.165) is 0 Å². The molecular weight excluding hydrogens is 274 g/mol. The van der Waals surface area contributed by atoms with E-state index in [0.29, 0.717) is 11.4 Å². The summed E-state index contributed by atoms with van der Waals surface area (Å²) < 4.78 is 5.50. The van der Waals surface area contributed by atoms with Gasteiger partial charge in [0.15, 0.2) is 6.10 Å². The number of ether oxygens (including phenoxy) is 1. The number of nitrogens with zero attached hydrogens (tertiary/aromatic N) is 1. The maximum Gasteiger partial charge on any atom is 0.266 e. The molecule has 0 spiro atoms. The Morgan fingerprint density at radius 2 is 2.05 bits per heavy atom. The van der Waals surface area contributed by atoms with Gasteiger partial charge in [-0.05, 0) is 12.1 Å². The number of hydrogen-bond acceptors (Lipinski definition) is 4. The molecule has 1 aliphatic rings. The van der Waals surface area contributed by atoms with Gasteiger partial charge in [-0.15, -0.1) is 0 Å². The van der Waals surface area contributed by atoms with Crippen molar-refractivity contribution in [2.45, 2.75) is 12.5 Å². The highest BCUT2D eigenvalue weighted by atomic mass is 16.5. The number of amides is 3. The number of fused-ring (bicyclic) bond motifs is 1. The molecule has 7 heteroatoms. The Morgan fingerprint density at radius 1 is 1.33 bits per heavy atom. The van der Waals surface area contributed by atoms with E-state index >= 15 is 0 Å². The maximum absolute atomic E-state index is 11.8. The topological polar surface area (TPSA) is 87.7 Å². The Bertz CT molecular complexity index is 571. The van der Waals surface area contributed by atoms with Gasteiger partial charge in [-0.2, -0.15) is 0 Å². The van der Waals surface area contributed by atoms with E-state index in [1.807, 2.05) is 0 Å². The number of benzene rings is 1. The summed E-state index contributed by atoms with van der Waals surface area (Å²) in [4.78, 5) is 36.3. The van der Waals surface area contributed by atoms with Gasteiger partial charge in [-0.3, -0.25) is 14.4 Å². The van der Waals surface area contributed by atoms with E-state index in [1.165, 1.54) is 4.90 Å².